The van der Waals surface area contributed by atoms with Crippen LogP contribution in [-0.2, 0) is 0 Å². The van der Waals surface area contributed by atoms with Gasteiger partial charge in [-0.15, -0.1) is 0 Å². The molecule has 2 nitrogen and oxygen atoms in total. The van der Waals surface area contributed by atoms with Crippen molar-refractivity contribution in [1.29, 1.82) is 0 Å². The molecule has 0 aliphatic rings. The molecule has 0 aliphatic carbocycles. The first-order valence-corrected chi connectivity index (χ1v) is 7.08. The van der Waals surface area contributed by atoms with Gasteiger partial charge in [0.25, 0.3) is 0 Å². The molecule has 0 amide bonds. The van der Waals surface area contributed by atoms with Gasteiger partial charge in [0.2, 0.25) is 0 Å². The van der Waals surface area contributed by atoms with Gasteiger partial charge in [0, 0.05) is 9.26 Å². The summed E-state index contributed by atoms with van der Waals surface area (Å²) in [6, 6.07) is 9.54. The van der Waals surface area contributed by atoms with E-state index >= 15 is 0 Å². The van der Waals surface area contributed by atoms with E-state index in [-0.39, 0.29) is 0 Å². The van der Waals surface area contributed by atoms with Gasteiger partial charge in [-0.2, -0.15) is 0 Å². The van der Waals surface area contributed by atoms with Crippen LogP contribution in [0.3, 0.4) is 0 Å². The standard InChI is InChI=1S/C13H11Cl2IN2/c1-7-2-3-8(16)4-12(7)18-13-6-10(15)9(14)5-11(13)17/h2-6,18H,17H2,1H3. The molecule has 3 N–H and O–H groups in total. The molecule has 0 atom stereocenters. The van der Waals surface area contributed by atoms with Crippen LogP contribution in [0.15, 0.2) is 30.3 Å². The first kappa shape index (κ1) is 13.8. The van der Waals surface area contributed by atoms with E-state index in [1.807, 2.05) is 6.92 Å². The molecule has 0 fully saturated rings. The van der Waals surface area contributed by atoms with Crippen molar-refractivity contribution >= 4 is 62.9 Å². The molecule has 0 aromatic heterocycles. The molecule has 0 unspecified atom stereocenters. The maximum atomic E-state index is 5.99. The van der Waals surface area contributed by atoms with Gasteiger partial charge in [0.05, 0.1) is 21.4 Å². The molecule has 0 saturated heterocycles. The average molecular weight is 393 g/mol. The average Bonchev–Trinajstić information content (AvgIpc) is 2.30. The highest BCUT2D eigenvalue weighted by Gasteiger charge is 2.07. The number of halogens is 3. The molecule has 0 spiro atoms. The largest absolute Gasteiger partial charge is 0.397 e. The fraction of sp³-hybridized carbons (Fsp3) is 0.0769. The third-order valence-electron chi connectivity index (χ3n) is 2.56. The molecule has 0 heterocycles. The van der Waals surface area contributed by atoms with Gasteiger partial charge < -0.3 is 11.1 Å². The highest BCUT2D eigenvalue weighted by Crippen LogP contribution is 2.33. The summed E-state index contributed by atoms with van der Waals surface area (Å²) in [5, 5.41) is 4.22. The van der Waals surface area contributed by atoms with Gasteiger partial charge in [-0.1, -0.05) is 29.3 Å². The Morgan fingerprint density at radius 1 is 1.06 bits per heavy atom. The zero-order chi connectivity index (χ0) is 13.3. The summed E-state index contributed by atoms with van der Waals surface area (Å²) in [6.45, 7) is 2.03. The van der Waals surface area contributed by atoms with Crippen LogP contribution in [0.2, 0.25) is 10.0 Å². The Morgan fingerprint density at radius 2 is 1.72 bits per heavy atom. The second kappa shape index (κ2) is 5.55. The second-order valence-corrected chi connectivity index (χ2v) is 6.00. The monoisotopic (exact) mass is 392 g/mol. The van der Waals surface area contributed by atoms with Crippen LogP contribution >= 0.6 is 45.8 Å². The van der Waals surface area contributed by atoms with E-state index in [0.29, 0.717) is 15.7 Å². The lowest BCUT2D eigenvalue weighted by Crippen LogP contribution is -1.98. The Bertz CT molecular complexity index is 600. The normalized spacial score (nSPS) is 10.4. The Labute approximate surface area is 130 Å². The first-order valence-electron chi connectivity index (χ1n) is 5.25. The van der Waals surface area contributed by atoms with E-state index < -0.39 is 0 Å². The maximum Gasteiger partial charge on any atom is 0.0634 e. The Balaban J connectivity index is 2.40. The highest BCUT2D eigenvalue weighted by atomic mass is 127. The molecular formula is C13H11Cl2IN2. The second-order valence-electron chi connectivity index (χ2n) is 3.94. The topological polar surface area (TPSA) is 38.0 Å². The molecule has 0 saturated carbocycles. The van der Waals surface area contributed by atoms with Crippen molar-refractivity contribution in [2.75, 3.05) is 11.1 Å². The number of aryl methyl sites for hydroxylation is 1. The zero-order valence-corrected chi connectivity index (χ0v) is 13.3. The first-order chi connectivity index (χ1) is 8.47. The minimum Gasteiger partial charge on any atom is -0.397 e. The molecule has 0 aliphatic heterocycles. The van der Waals surface area contributed by atoms with Gasteiger partial charge in [0.15, 0.2) is 0 Å². The molecule has 0 bridgehead atoms. The van der Waals surface area contributed by atoms with E-state index in [9.17, 15) is 0 Å². The van der Waals surface area contributed by atoms with Crippen LogP contribution in [0, 0.1) is 10.5 Å². The van der Waals surface area contributed by atoms with Gasteiger partial charge in [-0.3, -0.25) is 0 Å². The van der Waals surface area contributed by atoms with Crippen LogP contribution in [0.5, 0.6) is 0 Å². The Hall–Kier alpha value is -0.650. The van der Waals surface area contributed by atoms with Crippen molar-refractivity contribution in [3.05, 3.63) is 49.5 Å². The molecule has 18 heavy (non-hydrogen) atoms. The number of hydrogen-bond donors (Lipinski definition) is 2. The molecule has 0 radical (unpaired) electrons. The minimum atomic E-state index is 0.457. The molecule has 2 rings (SSSR count). The smallest absolute Gasteiger partial charge is 0.0634 e. The fourth-order valence-electron chi connectivity index (χ4n) is 1.54. The van der Waals surface area contributed by atoms with E-state index in [1.54, 1.807) is 12.1 Å². The maximum absolute atomic E-state index is 5.99. The number of anilines is 3. The van der Waals surface area contributed by atoms with Gasteiger partial charge in [-0.25, -0.2) is 0 Å². The summed E-state index contributed by atoms with van der Waals surface area (Å²) in [4.78, 5) is 0. The Kier molecular flexibility index (Phi) is 4.25. The minimum absolute atomic E-state index is 0.457. The number of rotatable bonds is 2. The predicted octanol–water partition coefficient (Wildman–Crippen LogP) is 5.23. The Morgan fingerprint density at radius 3 is 2.44 bits per heavy atom. The molecule has 2 aromatic rings. The third kappa shape index (κ3) is 3.02. The lowest BCUT2D eigenvalue weighted by molar-refractivity contribution is 1.42. The van der Waals surface area contributed by atoms with Crippen LogP contribution in [-0.4, -0.2) is 0 Å². The summed E-state index contributed by atoms with van der Waals surface area (Å²) >= 11 is 14.2. The van der Waals surface area contributed by atoms with Crippen LogP contribution in [0.1, 0.15) is 5.56 Å². The van der Waals surface area contributed by atoms with E-state index in [4.69, 9.17) is 28.9 Å². The van der Waals surface area contributed by atoms with Crippen molar-refractivity contribution in [2.24, 2.45) is 0 Å². The van der Waals surface area contributed by atoms with Crippen LogP contribution < -0.4 is 11.1 Å². The zero-order valence-electron chi connectivity index (χ0n) is 9.60. The molecular weight excluding hydrogens is 382 g/mol. The van der Waals surface area contributed by atoms with E-state index in [0.717, 1.165) is 20.5 Å². The quantitative estimate of drug-likeness (QED) is 0.542. The lowest BCUT2D eigenvalue weighted by atomic mass is 10.2. The van der Waals surface area contributed by atoms with Crippen molar-refractivity contribution in [3.8, 4) is 0 Å². The van der Waals surface area contributed by atoms with Crippen molar-refractivity contribution in [1.82, 2.24) is 0 Å². The summed E-state index contributed by atoms with van der Waals surface area (Å²) in [7, 11) is 0. The number of nitrogens with two attached hydrogens (primary N) is 1. The van der Waals surface area contributed by atoms with Crippen molar-refractivity contribution in [2.45, 2.75) is 6.92 Å². The summed E-state index contributed by atoms with van der Waals surface area (Å²) in [6.07, 6.45) is 0. The lowest BCUT2D eigenvalue weighted by Gasteiger charge is -2.13. The SMILES string of the molecule is Cc1ccc(I)cc1Nc1cc(Cl)c(Cl)cc1N. The molecule has 2 aromatic carbocycles. The predicted molar refractivity (Wildman–Crippen MR) is 88.1 cm³/mol. The van der Waals surface area contributed by atoms with E-state index in [1.165, 1.54) is 0 Å². The molecule has 94 valence electrons. The number of hydrogen-bond acceptors (Lipinski definition) is 2. The number of nitrogens with one attached hydrogen (secondary N) is 1. The fourth-order valence-corrected chi connectivity index (χ4v) is 2.37. The summed E-state index contributed by atoms with van der Waals surface area (Å²) in [5.74, 6) is 0. The molecule has 5 heteroatoms. The summed E-state index contributed by atoms with van der Waals surface area (Å²) in [5.41, 5.74) is 9.40. The van der Waals surface area contributed by atoms with Gasteiger partial charge in [-0.05, 0) is 59.3 Å². The van der Waals surface area contributed by atoms with Crippen molar-refractivity contribution in [3.63, 3.8) is 0 Å². The van der Waals surface area contributed by atoms with E-state index in [2.05, 4.69) is 46.1 Å². The number of benzene rings is 2. The van der Waals surface area contributed by atoms with Crippen molar-refractivity contribution < 1.29 is 0 Å². The summed E-state index contributed by atoms with van der Waals surface area (Å²) < 4.78 is 1.15. The third-order valence-corrected chi connectivity index (χ3v) is 3.95. The van der Waals surface area contributed by atoms with Crippen LogP contribution in [0.4, 0.5) is 17.1 Å². The van der Waals surface area contributed by atoms with Gasteiger partial charge >= 0.3 is 0 Å². The van der Waals surface area contributed by atoms with Gasteiger partial charge in [0.1, 0.15) is 0 Å². The van der Waals surface area contributed by atoms with Crippen LogP contribution in [0.25, 0.3) is 0 Å². The highest BCUT2D eigenvalue weighted by molar-refractivity contribution is 14.1. The number of nitrogen functional groups attached to an aromatic ring is 1.